The topological polar surface area (TPSA) is 102 Å². The van der Waals surface area contributed by atoms with Gasteiger partial charge in [0.2, 0.25) is 5.91 Å². The van der Waals surface area contributed by atoms with Gasteiger partial charge in [-0.25, -0.2) is 15.0 Å². The lowest BCUT2D eigenvalue weighted by molar-refractivity contribution is -0.148. The summed E-state index contributed by atoms with van der Waals surface area (Å²) >= 11 is 0. The fraction of sp³-hybridized carbons (Fsp3) is 0.387. The van der Waals surface area contributed by atoms with Crippen LogP contribution in [0.2, 0.25) is 0 Å². The number of aromatic nitrogens is 4. The van der Waals surface area contributed by atoms with Crippen molar-refractivity contribution in [3.63, 3.8) is 0 Å². The minimum absolute atomic E-state index is 0.0216. The lowest BCUT2D eigenvalue weighted by Gasteiger charge is -2.45. The molecule has 0 unspecified atom stereocenters. The number of benzene rings is 1. The predicted octanol–water partition coefficient (Wildman–Crippen LogP) is 5.66. The number of ether oxygens (including phenoxy) is 2. The minimum atomic E-state index is -4.59. The number of nitrogens with one attached hydrogen (secondary N) is 1. The summed E-state index contributed by atoms with van der Waals surface area (Å²) in [6.07, 6.45) is -0.656. The molecular formula is C31H31F3N6O3. The van der Waals surface area contributed by atoms with Crippen molar-refractivity contribution in [2.75, 3.05) is 32.1 Å². The van der Waals surface area contributed by atoms with Crippen LogP contribution >= 0.6 is 0 Å². The Morgan fingerprint density at radius 3 is 2.58 bits per heavy atom. The summed E-state index contributed by atoms with van der Waals surface area (Å²) in [4.78, 5) is 33.0. The molecule has 0 spiro atoms. The smallest absolute Gasteiger partial charge is 0.377 e. The van der Waals surface area contributed by atoms with Crippen LogP contribution in [0.4, 0.5) is 24.7 Å². The van der Waals surface area contributed by atoms with E-state index in [2.05, 4.69) is 25.3 Å². The lowest BCUT2D eigenvalue weighted by atomic mass is 9.63. The van der Waals surface area contributed by atoms with Crippen molar-refractivity contribution >= 4 is 28.4 Å². The van der Waals surface area contributed by atoms with Gasteiger partial charge in [-0.3, -0.25) is 9.78 Å². The zero-order valence-corrected chi connectivity index (χ0v) is 23.8. The molecule has 224 valence electrons. The van der Waals surface area contributed by atoms with Gasteiger partial charge in [0.05, 0.1) is 34.8 Å². The van der Waals surface area contributed by atoms with Gasteiger partial charge in [0, 0.05) is 32.1 Å². The van der Waals surface area contributed by atoms with E-state index in [-0.39, 0.29) is 35.7 Å². The number of anilines is 2. The molecule has 12 heteroatoms. The Morgan fingerprint density at radius 1 is 1.12 bits per heavy atom. The second-order valence-electron chi connectivity index (χ2n) is 11.0. The molecule has 1 aliphatic heterocycles. The average Bonchev–Trinajstić information content (AvgIpc) is 2.97. The Labute approximate surface area is 246 Å². The molecule has 0 bridgehead atoms. The predicted molar refractivity (Wildman–Crippen MR) is 154 cm³/mol. The number of fused-ring (bicyclic) bond motifs is 1. The zero-order valence-electron chi connectivity index (χ0n) is 23.8. The number of morpholine rings is 1. The maximum Gasteiger partial charge on any atom is 0.418 e. The van der Waals surface area contributed by atoms with Gasteiger partial charge >= 0.3 is 6.18 Å². The Morgan fingerprint density at radius 2 is 1.91 bits per heavy atom. The molecule has 1 aromatic carbocycles. The third kappa shape index (κ3) is 5.64. The molecule has 1 N–H and O–H groups in total. The second-order valence-corrected chi connectivity index (χ2v) is 11.0. The quantitative estimate of drug-likeness (QED) is 0.293. The third-order valence-corrected chi connectivity index (χ3v) is 8.08. The van der Waals surface area contributed by atoms with Crippen LogP contribution in [0.3, 0.4) is 0 Å². The first-order chi connectivity index (χ1) is 20.7. The molecule has 9 nitrogen and oxygen atoms in total. The molecule has 4 heterocycles. The second kappa shape index (κ2) is 11.5. The van der Waals surface area contributed by atoms with E-state index in [4.69, 9.17) is 9.47 Å². The van der Waals surface area contributed by atoms with Crippen LogP contribution in [0.5, 0.6) is 0 Å². The van der Waals surface area contributed by atoms with E-state index in [1.54, 1.807) is 6.07 Å². The van der Waals surface area contributed by atoms with Gasteiger partial charge in [0.15, 0.2) is 11.5 Å². The summed E-state index contributed by atoms with van der Waals surface area (Å²) in [5.41, 5.74) is 0.269. The lowest BCUT2D eigenvalue weighted by Crippen LogP contribution is -2.55. The van der Waals surface area contributed by atoms with Crippen molar-refractivity contribution in [1.82, 2.24) is 24.8 Å². The summed E-state index contributed by atoms with van der Waals surface area (Å²) in [6.45, 7) is 3.81. The van der Waals surface area contributed by atoms with Crippen LogP contribution in [-0.2, 0) is 32.5 Å². The van der Waals surface area contributed by atoms with Crippen molar-refractivity contribution in [2.24, 2.45) is 0 Å². The van der Waals surface area contributed by atoms with Crippen molar-refractivity contribution in [3.05, 3.63) is 71.7 Å². The normalized spacial score (nSPS) is 18.3. The number of methoxy groups -OCH3 is 1. The van der Waals surface area contributed by atoms with Gasteiger partial charge in [-0.15, -0.1) is 0 Å². The van der Waals surface area contributed by atoms with Crippen molar-refractivity contribution in [1.29, 1.82) is 0 Å². The van der Waals surface area contributed by atoms with Crippen LogP contribution in [0.15, 0.2) is 54.7 Å². The molecule has 1 saturated heterocycles. The molecule has 6 rings (SSSR count). The van der Waals surface area contributed by atoms with Gasteiger partial charge < -0.3 is 19.7 Å². The molecule has 3 aromatic heterocycles. The maximum atomic E-state index is 13.7. The van der Waals surface area contributed by atoms with Crippen molar-refractivity contribution in [2.45, 2.75) is 50.5 Å². The molecular weight excluding hydrogens is 561 g/mol. The van der Waals surface area contributed by atoms with Gasteiger partial charge in [0.25, 0.3) is 0 Å². The van der Waals surface area contributed by atoms with E-state index in [1.165, 1.54) is 25.4 Å². The number of hydrogen-bond donors (Lipinski definition) is 1. The van der Waals surface area contributed by atoms with E-state index >= 15 is 0 Å². The van der Waals surface area contributed by atoms with Gasteiger partial charge in [0.1, 0.15) is 18.1 Å². The van der Waals surface area contributed by atoms with Gasteiger partial charge in [-0.1, -0.05) is 18.6 Å². The van der Waals surface area contributed by atoms with Crippen molar-refractivity contribution < 1.29 is 27.4 Å². The fourth-order valence-corrected chi connectivity index (χ4v) is 5.79. The number of alkyl halides is 3. The number of rotatable bonds is 7. The highest BCUT2D eigenvalue weighted by atomic mass is 19.4. The largest absolute Gasteiger partial charge is 0.418 e. The first kappa shape index (κ1) is 28.9. The summed E-state index contributed by atoms with van der Waals surface area (Å²) in [5.74, 6) is 0.899. The zero-order chi connectivity index (χ0) is 30.2. The van der Waals surface area contributed by atoms with Gasteiger partial charge in [-0.05, 0) is 61.7 Å². The standard InChI is InChI=1S/C31H31F3N6O3/c1-19-17-40(15-16-43-19)29(41)30(12-4-13-30)20-6-8-21(9-7-20)36-27-22-10-11-24(37-28(22)39-25(38-27)18-42-2)26-23(31(32,33)34)5-3-14-35-26/h3,5-11,14,19H,4,12-13,15-18H2,1-2H3,(H,36,37,38,39)/t19-/m0/s1. The molecule has 4 aromatic rings. The Hall–Kier alpha value is -4.16. The highest BCUT2D eigenvalue weighted by molar-refractivity contribution is 5.91. The molecule has 1 atom stereocenters. The Kier molecular flexibility index (Phi) is 7.74. The number of pyridine rings is 2. The Balaban J connectivity index is 1.30. The molecule has 0 radical (unpaired) electrons. The molecule has 2 aliphatic rings. The molecule has 1 saturated carbocycles. The molecule has 1 aliphatic carbocycles. The van der Waals surface area contributed by atoms with E-state index in [0.29, 0.717) is 36.7 Å². The number of amides is 1. The summed E-state index contributed by atoms with van der Waals surface area (Å²) in [7, 11) is 1.50. The maximum absolute atomic E-state index is 13.7. The third-order valence-electron chi connectivity index (χ3n) is 8.08. The number of carbonyl (C=O) groups is 1. The summed E-state index contributed by atoms with van der Waals surface area (Å²) < 4.78 is 51.8. The first-order valence-electron chi connectivity index (χ1n) is 14.2. The average molecular weight is 593 g/mol. The highest BCUT2D eigenvalue weighted by Gasteiger charge is 2.48. The van der Waals surface area contributed by atoms with E-state index in [1.807, 2.05) is 36.1 Å². The number of halogens is 3. The Bertz CT molecular complexity index is 1640. The first-order valence-corrected chi connectivity index (χ1v) is 14.2. The van der Waals surface area contributed by atoms with Crippen LogP contribution < -0.4 is 5.32 Å². The molecule has 1 amide bonds. The molecule has 43 heavy (non-hydrogen) atoms. The van der Waals surface area contributed by atoms with Gasteiger partial charge in [-0.2, -0.15) is 13.2 Å². The SMILES string of the molecule is COCc1nc(Nc2ccc(C3(C(=O)N4CCO[C@@H](C)C4)CCC3)cc2)c2ccc(-c3ncccc3C(F)(F)F)nc2n1. The summed E-state index contributed by atoms with van der Waals surface area (Å²) in [6, 6.07) is 13.1. The van der Waals surface area contributed by atoms with Crippen LogP contribution in [0, 0.1) is 0 Å². The van der Waals surface area contributed by atoms with Crippen LogP contribution in [-0.4, -0.2) is 63.7 Å². The van der Waals surface area contributed by atoms with Crippen molar-refractivity contribution in [3.8, 4) is 11.4 Å². The summed E-state index contributed by atoms with van der Waals surface area (Å²) in [5, 5.41) is 3.82. The van der Waals surface area contributed by atoms with Crippen LogP contribution in [0.1, 0.15) is 43.1 Å². The monoisotopic (exact) mass is 592 g/mol. The highest BCUT2D eigenvalue weighted by Crippen LogP contribution is 2.46. The van der Waals surface area contributed by atoms with E-state index < -0.39 is 17.2 Å². The molecule has 2 fully saturated rings. The van der Waals surface area contributed by atoms with Crippen LogP contribution in [0.25, 0.3) is 22.4 Å². The number of nitrogens with zero attached hydrogens (tertiary/aromatic N) is 5. The number of carbonyl (C=O) groups excluding carboxylic acids is 1. The van der Waals surface area contributed by atoms with E-state index in [9.17, 15) is 18.0 Å². The van der Waals surface area contributed by atoms with E-state index in [0.717, 1.165) is 36.6 Å². The number of hydrogen-bond acceptors (Lipinski definition) is 8. The fourth-order valence-electron chi connectivity index (χ4n) is 5.79. The minimum Gasteiger partial charge on any atom is -0.377 e.